The fourth-order valence-electron chi connectivity index (χ4n) is 1.80. The Morgan fingerprint density at radius 3 is 2.76 bits per heavy atom. The summed E-state index contributed by atoms with van der Waals surface area (Å²) in [7, 11) is 0. The summed E-state index contributed by atoms with van der Waals surface area (Å²) in [5.41, 5.74) is 2.43. The van der Waals surface area contributed by atoms with Gasteiger partial charge >= 0.3 is 0 Å². The Morgan fingerprint density at radius 1 is 1.29 bits per heavy atom. The largest absolute Gasteiger partial charge is 0.370 e. The van der Waals surface area contributed by atoms with Crippen molar-refractivity contribution in [1.29, 1.82) is 0 Å². The maximum atomic E-state index is 12.3. The number of aryl methyl sites for hydroxylation is 1. The molecule has 2 rings (SSSR count). The van der Waals surface area contributed by atoms with Crippen molar-refractivity contribution in [2.45, 2.75) is 20.4 Å². The van der Waals surface area contributed by atoms with Crippen LogP contribution in [-0.4, -0.2) is 22.4 Å². The van der Waals surface area contributed by atoms with E-state index in [9.17, 15) is 4.79 Å². The van der Waals surface area contributed by atoms with Crippen LogP contribution in [0.25, 0.3) is 0 Å². The summed E-state index contributed by atoms with van der Waals surface area (Å²) in [6, 6.07) is 5.63. The van der Waals surface area contributed by atoms with E-state index >= 15 is 0 Å². The predicted molar refractivity (Wildman–Crippen MR) is 86.2 cm³/mol. The topological polar surface area (TPSA) is 66.9 Å². The standard InChI is InChI=1S/C15H17BrN4O/c1-3-17-14-13(6-12(16)9-19-14)15(21)20-8-11-5-4-10(2)18-7-11/h4-7,9H,3,8H2,1-2H3,(H,17,19)(H,20,21). The van der Waals surface area contributed by atoms with Gasteiger partial charge in [-0.15, -0.1) is 0 Å². The van der Waals surface area contributed by atoms with Gasteiger partial charge in [-0.25, -0.2) is 4.98 Å². The van der Waals surface area contributed by atoms with Crippen LogP contribution in [0.15, 0.2) is 35.1 Å². The van der Waals surface area contributed by atoms with Gasteiger partial charge in [0.2, 0.25) is 0 Å². The number of hydrogen-bond donors (Lipinski definition) is 2. The Labute approximate surface area is 132 Å². The van der Waals surface area contributed by atoms with E-state index in [2.05, 4.69) is 36.5 Å². The molecule has 0 saturated carbocycles. The van der Waals surface area contributed by atoms with E-state index in [0.717, 1.165) is 15.7 Å². The molecule has 0 aliphatic heterocycles. The summed E-state index contributed by atoms with van der Waals surface area (Å²) in [6.07, 6.45) is 3.43. The monoisotopic (exact) mass is 348 g/mol. The number of rotatable bonds is 5. The summed E-state index contributed by atoms with van der Waals surface area (Å²) in [4.78, 5) is 20.7. The van der Waals surface area contributed by atoms with Crippen LogP contribution >= 0.6 is 15.9 Å². The Balaban J connectivity index is 2.09. The second-order valence-electron chi connectivity index (χ2n) is 4.57. The van der Waals surface area contributed by atoms with Gasteiger partial charge in [0.15, 0.2) is 0 Å². The van der Waals surface area contributed by atoms with E-state index in [4.69, 9.17) is 0 Å². The van der Waals surface area contributed by atoms with Crippen LogP contribution in [0.1, 0.15) is 28.5 Å². The Morgan fingerprint density at radius 2 is 2.10 bits per heavy atom. The van der Waals surface area contributed by atoms with Crippen LogP contribution in [-0.2, 0) is 6.54 Å². The molecule has 0 fully saturated rings. The summed E-state index contributed by atoms with van der Waals surface area (Å²) in [6.45, 7) is 5.03. The van der Waals surface area contributed by atoms with E-state index in [1.54, 1.807) is 18.5 Å². The van der Waals surface area contributed by atoms with Gasteiger partial charge in [-0.3, -0.25) is 9.78 Å². The zero-order chi connectivity index (χ0) is 15.2. The van der Waals surface area contributed by atoms with Crippen molar-refractivity contribution in [3.05, 3.63) is 51.9 Å². The molecule has 21 heavy (non-hydrogen) atoms. The summed E-state index contributed by atoms with van der Waals surface area (Å²) >= 11 is 3.34. The van der Waals surface area contributed by atoms with Gasteiger partial charge in [0.25, 0.3) is 5.91 Å². The number of anilines is 1. The smallest absolute Gasteiger partial charge is 0.255 e. The number of amides is 1. The number of pyridine rings is 2. The summed E-state index contributed by atoms with van der Waals surface area (Å²) in [5, 5.41) is 5.97. The molecular weight excluding hydrogens is 332 g/mol. The van der Waals surface area contributed by atoms with Crippen LogP contribution in [0.3, 0.4) is 0 Å². The third kappa shape index (κ3) is 4.26. The number of halogens is 1. The van der Waals surface area contributed by atoms with Crippen LogP contribution in [0.5, 0.6) is 0 Å². The maximum absolute atomic E-state index is 12.3. The van der Waals surface area contributed by atoms with E-state index in [-0.39, 0.29) is 5.91 Å². The molecule has 0 unspecified atom stereocenters. The second kappa shape index (κ2) is 7.17. The third-order valence-electron chi connectivity index (χ3n) is 2.87. The Kier molecular flexibility index (Phi) is 5.27. The lowest BCUT2D eigenvalue weighted by atomic mass is 10.2. The minimum atomic E-state index is -0.166. The van der Waals surface area contributed by atoms with Gasteiger partial charge in [0.05, 0.1) is 5.56 Å². The van der Waals surface area contributed by atoms with Crippen molar-refractivity contribution >= 4 is 27.7 Å². The predicted octanol–water partition coefficient (Wildman–Crippen LogP) is 2.91. The Bertz CT molecular complexity index is 628. The molecule has 2 aromatic heterocycles. The molecule has 1 amide bonds. The van der Waals surface area contributed by atoms with Crippen LogP contribution in [0.2, 0.25) is 0 Å². The highest BCUT2D eigenvalue weighted by Crippen LogP contribution is 2.18. The molecule has 2 N–H and O–H groups in total. The molecule has 0 radical (unpaired) electrons. The molecule has 2 aromatic rings. The van der Waals surface area contributed by atoms with Crippen molar-refractivity contribution in [1.82, 2.24) is 15.3 Å². The second-order valence-corrected chi connectivity index (χ2v) is 5.49. The highest BCUT2D eigenvalue weighted by Gasteiger charge is 2.12. The van der Waals surface area contributed by atoms with Crippen molar-refractivity contribution in [3.8, 4) is 0 Å². The van der Waals surface area contributed by atoms with Gasteiger partial charge in [-0.2, -0.15) is 0 Å². The molecule has 0 bridgehead atoms. The van der Waals surface area contributed by atoms with Crippen molar-refractivity contribution in [3.63, 3.8) is 0 Å². The van der Waals surface area contributed by atoms with Crippen molar-refractivity contribution in [2.24, 2.45) is 0 Å². The highest BCUT2D eigenvalue weighted by molar-refractivity contribution is 9.10. The van der Waals surface area contributed by atoms with E-state index < -0.39 is 0 Å². The number of carbonyl (C=O) groups excluding carboxylic acids is 1. The number of nitrogens with zero attached hydrogens (tertiary/aromatic N) is 2. The minimum absolute atomic E-state index is 0.166. The molecule has 0 aromatic carbocycles. The molecule has 0 aliphatic rings. The van der Waals surface area contributed by atoms with Crippen LogP contribution < -0.4 is 10.6 Å². The quantitative estimate of drug-likeness (QED) is 0.871. The van der Waals surface area contributed by atoms with E-state index in [0.29, 0.717) is 24.5 Å². The number of nitrogens with one attached hydrogen (secondary N) is 2. The molecule has 0 saturated heterocycles. The first-order chi connectivity index (χ1) is 10.1. The lowest BCUT2D eigenvalue weighted by Crippen LogP contribution is -2.24. The molecule has 0 spiro atoms. The van der Waals surface area contributed by atoms with Gasteiger partial charge in [-0.05, 0) is 47.5 Å². The first-order valence-electron chi connectivity index (χ1n) is 6.69. The number of hydrogen-bond acceptors (Lipinski definition) is 4. The van der Waals surface area contributed by atoms with Crippen molar-refractivity contribution in [2.75, 3.05) is 11.9 Å². The average molecular weight is 349 g/mol. The normalized spacial score (nSPS) is 10.2. The fraction of sp³-hybridized carbons (Fsp3) is 0.267. The zero-order valence-electron chi connectivity index (χ0n) is 12.0. The minimum Gasteiger partial charge on any atom is -0.370 e. The first-order valence-corrected chi connectivity index (χ1v) is 7.48. The van der Waals surface area contributed by atoms with Gasteiger partial charge < -0.3 is 10.6 Å². The molecule has 0 aliphatic carbocycles. The summed E-state index contributed by atoms with van der Waals surface area (Å²) in [5.74, 6) is 0.417. The van der Waals surface area contributed by atoms with Gasteiger partial charge in [0.1, 0.15) is 5.82 Å². The molecule has 0 atom stereocenters. The highest BCUT2D eigenvalue weighted by atomic mass is 79.9. The van der Waals surface area contributed by atoms with E-state index in [1.807, 2.05) is 26.0 Å². The fourth-order valence-corrected chi connectivity index (χ4v) is 2.13. The van der Waals surface area contributed by atoms with Crippen molar-refractivity contribution < 1.29 is 4.79 Å². The van der Waals surface area contributed by atoms with Crippen LogP contribution in [0, 0.1) is 6.92 Å². The SMILES string of the molecule is CCNc1ncc(Br)cc1C(=O)NCc1ccc(C)nc1. The molecule has 2 heterocycles. The number of aromatic nitrogens is 2. The Hall–Kier alpha value is -1.95. The summed E-state index contributed by atoms with van der Waals surface area (Å²) < 4.78 is 0.770. The maximum Gasteiger partial charge on any atom is 0.255 e. The third-order valence-corrected chi connectivity index (χ3v) is 3.30. The molecule has 6 heteroatoms. The van der Waals surface area contributed by atoms with E-state index in [1.165, 1.54) is 0 Å². The molecule has 110 valence electrons. The zero-order valence-corrected chi connectivity index (χ0v) is 13.6. The first kappa shape index (κ1) is 15.4. The molecular formula is C15H17BrN4O. The van der Waals surface area contributed by atoms with Crippen LogP contribution in [0.4, 0.5) is 5.82 Å². The van der Waals surface area contributed by atoms with Gasteiger partial charge in [-0.1, -0.05) is 6.07 Å². The lowest BCUT2D eigenvalue weighted by Gasteiger charge is -2.10. The lowest BCUT2D eigenvalue weighted by molar-refractivity contribution is 0.0951. The average Bonchev–Trinajstić information content (AvgIpc) is 2.48. The molecule has 5 nitrogen and oxygen atoms in total. The number of carbonyl (C=O) groups is 1. The van der Waals surface area contributed by atoms with Gasteiger partial charge in [0, 0.05) is 35.6 Å².